The smallest absolute Gasteiger partial charge is 0.268 e. The third kappa shape index (κ3) is 3.90. The largest absolute Gasteiger partial charge is 0.386 e. The first-order valence-corrected chi connectivity index (χ1v) is 13.7. The fourth-order valence-corrected chi connectivity index (χ4v) is 6.84. The Morgan fingerprint density at radius 3 is 1.83 bits per heavy atom. The zero-order valence-corrected chi connectivity index (χ0v) is 20.6. The van der Waals surface area contributed by atoms with Gasteiger partial charge in [-0.3, -0.25) is 0 Å². The van der Waals surface area contributed by atoms with E-state index in [1.54, 1.807) is 30.3 Å². The van der Waals surface area contributed by atoms with E-state index in [-0.39, 0.29) is 27.6 Å². The van der Waals surface area contributed by atoms with Gasteiger partial charge < -0.3 is 5.11 Å². The van der Waals surface area contributed by atoms with Crippen molar-refractivity contribution in [2.45, 2.75) is 36.2 Å². The van der Waals surface area contributed by atoms with Crippen LogP contribution in [0.5, 0.6) is 0 Å². The number of rotatable bonds is 4. The first-order valence-electron chi connectivity index (χ1n) is 10.8. The summed E-state index contributed by atoms with van der Waals surface area (Å²) in [6.07, 6.45) is 1.56. The van der Waals surface area contributed by atoms with Gasteiger partial charge in [0.05, 0.1) is 15.5 Å². The van der Waals surface area contributed by atoms with Crippen molar-refractivity contribution in [3.8, 4) is 11.8 Å². The van der Waals surface area contributed by atoms with Crippen LogP contribution in [0, 0.1) is 25.7 Å². The van der Waals surface area contributed by atoms with Crippen molar-refractivity contribution in [2.24, 2.45) is 0 Å². The highest BCUT2D eigenvalue weighted by Gasteiger charge is 2.29. The minimum absolute atomic E-state index is 0.000855. The SMILES string of the molecule is Cc1ccc(S(=O)(=O)n2ccc3c2C#Cc2ccn(S(=O)(=O)c4ccc(C)cc4)c2C(O)C3)cc1. The Morgan fingerprint density at radius 1 is 0.743 bits per heavy atom. The predicted molar refractivity (Wildman–Crippen MR) is 131 cm³/mol. The van der Waals surface area contributed by atoms with Crippen molar-refractivity contribution in [1.82, 2.24) is 7.94 Å². The van der Waals surface area contributed by atoms with Gasteiger partial charge in [-0.15, -0.1) is 0 Å². The number of aromatic nitrogens is 2. The Hall–Kier alpha value is -3.58. The molecule has 0 fully saturated rings. The van der Waals surface area contributed by atoms with Crippen LogP contribution < -0.4 is 0 Å². The first kappa shape index (κ1) is 23.2. The minimum atomic E-state index is -3.96. The minimum Gasteiger partial charge on any atom is -0.386 e. The van der Waals surface area contributed by atoms with Crippen LogP contribution in [0.15, 0.2) is 82.8 Å². The zero-order valence-electron chi connectivity index (χ0n) is 19.0. The number of nitrogens with zero attached hydrogens (tertiary/aromatic N) is 2. The molecular weight excluding hydrogens is 484 g/mol. The maximum Gasteiger partial charge on any atom is 0.268 e. The van der Waals surface area contributed by atoms with Crippen LogP contribution in [0.4, 0.5) is 0 Å². The average Bonchev–Trinajstić information content (AvgIpc) is 3.41. The molecule has 0 radical (unpaired) electrons. The second-order valence-electron chi connectivity index (χ2n) is 8.50. The van der Waals surface area contributed by atoms with E-state index >= 15 is 0 Å². The van der Waals surface area contributed by atoms with Crippen LogP contribution in [-0.4, -0.2) is 29.9 Å². The van der Waals surface area contributed by atoms with Gasteiger partial charge in [0, 0.05) is 24.4 Å². The van der Waals surface area contributed by atoms with E-state index < -0.39 is 26.2 Å². The third-order valence-corrected chi connectivity index (χ3v) is 9.42. The van der Waals surface area contributed by atoms with Crippen molar-refractivity contribution in [3.05, 3.63) is 107 Å². The van der Waals surface area contributed by atoms with Gasteiger partial charge in [0.1, 0.15) is 11.8 Å². The highest BCUT2D eigenvalue weighted by molar-refractivity contribution is 7.90. The maximum atomic E-state index is 13.3. The van der Waals surface area contributed by atoms with Gasteiger partial charge in [0.2, 0.25) is 0 Å². The van der Waals surface area contributed by atoms with Gasteiger partial charge in [-0.1, -0.05) is 41.3 Å². The number of aryl methyl sites for hydroxylation is 2. The molecule has 0 saturated carbocycles. The van der Waals surface area contributed by atoms with E-state index in [1.807, 2.05) is 13.8 Å². The molecule has 35 heavy (non-hydrogen) atoms. The summed E-state index contributed by atoms with van der Waals surface area (Å²) >= 11 is 0. The fourth-order valence-electron chi connectivity index (χ4n) is 4.10. The van der Waals surface area contributed by atoms with Crippen LogP contribution in [0.1, 0.15) is 39.7 Å². The van der Waals surface area contributed by atoms with Crippen molar-refractivity contribution in [3.63, 3.8) is 0 Å². The fraction of sp³-hybridized carbons (Fsp3) is 0.154. The molecule has 2 aromatic heterocycles. The third-order valence-electron chi connectivity index (χ3n) is 6.03. The van der Waals surface area contributed by atoms with Crippen LogP contribution in [-0.2, 0) is 26.5 Å². The summed E-state index contributed by atoms with van der Waals surface area (Å²) < 4.78 is 55.3. The summed E-state index contributed by atoms with van der Waals surface area (Å²) in [5, 5.41) is 11.1. The molecule has 7 nitrogen and oxygen atoms in total. The summed E-state index contributed by atoms with van der Waals surface area (Å²) in [6.45, 7) is 3.74. The number of aliphatic hydroxyl groups excluding tert-OH is 1. The molecule has 0 spiro atoms. The lowest BCUT2D eigenvalue weighted by Crippen LogP contribution is -2.20. The molecule has 1 aliphatic carbocycles. The number of benzene rings is 2. The molecule has 1 N–H and O–H groups in total. The molecule has 0 amide bonds. The molecule has 2 aromatic carbocycles. The van der Waals surface area contributed by atoms with Crippen LogP contribution >= 0.6 is 0 Å². The number of hydrogen-bond donors (Lipinski definition) is 1. The standard InChI is InChI=1S/C26H22N2O5S2/c1-18-3-8-22(9-4-18)34(30,31)27-15-14-21-17-25(29)26-20(7-12-24(21)27)13-16-28(26)35(32,33)23-10-5-19(2)6-11-23/h3-6,8-11,13-16,25,29H,17H2,1-2H3. The Bertz CT molecular complexity index is 1720. The van der Waals surface area contributed by atoms with Crippen LogP contribution in [0.2, 0.25) is 0 Å². The molecule has 0 aliphatic heterocycles. The Labute approximate surface area is 204 Å². The molecule has 0 bridgehead atoms. The summed E-state index contributed by atoms with van der Waals surface area (Å²) in [7, 11) is -7.87. The maximum absolute atomic E-state index is 13.3. The molecule has 2 heterocycles. The quantitative estimate of drug-likeness (QED) is 0.428. The highest BCUT2D eigenvalue weighted by atomic mass is 32.2. The molecule has 9 heteroatoms. The Kier molecular flexibility index (Phi) is 5.48. The number of aliphatic hydroxyl groups is 1. The molecule has 1 aliphatic rings. The van der Waals surface area contributed by atoms with Gasteiger partial charge in [0.25, 0.3) is 20.0 Å². The molecule has 1 unspecified atom stereocenters. The molecule has 1 atom stereocenters. The second kappa shape index (κ2) is 8.27. The first-order chi connectivity index (χ1) is 16.6. The molecular formula is C26H22N2O5S2. The molecule has 178 valence electrons. The summed E-state index contributed by atoms with van der Waals surface area (Å²) in [5.74, 6) is 5.79. The van der Waals surface area contributed by atoms with Gasteiger partial charge in [-0.05, 0) is 61.7 Å². The molecule has 0 saturated heterocycles. The van der Waals surface area contributed by atoms with Gasteiger partial charge in [-0.2, -0.15) is 0 Å². The number of fused-ring (bicyclic) bond motifs is 2. The Morgan fingerprint density at radius 2 is 1.26 bits per heavy atom. The van der Waals surface area contributed by atoms with E-state index in [4.69, 9.17) is 0 Å². The normalized spacial score (nSPS) is 15.3. The highest BCUT2D eigenvalue weighted by Crippen LogP contribution is 2.31. The second-order valence-corrected chi connectivity index (χ2v) is 12.1. The Balaban J connectivity index is 1.61. The lowest BCUT2D eigenvalue weighted by atomic mass is 10.0. The molecule has 5 rings (SSSR count). The van der Waals surface area contributed by atoms with Gasteiger partial charge in [0.15, 0.2) is 0 Å². The van der Waals surface area contributed by atoms with Gasteiger partial charge >= 0.3 is 0 Å². The molecule has 4 aromatic rings. The lowest BCUT2D eigenvalue weighted by Gasteiger charge is -2.18. The number of hydrogen-bond acceptors (Lipinski definition) is 5. The predicted octanol–water partition coefficient (Wildman–Crippen LogP) is 3.37. The summed E-state index contributed by atoms with van der Waals surface area (Å²) in [4.78, 5) is 0.224. The van der Waals surface area contributed by atoms with Crippen molar-refractivity contribution >= 4 is 20.0 Å². The van der Waals surface area contributed by atoms with E-state index in [0.29, 0.717) is 11.1 Å². The topological polar surface area (TPSA) is 98.4 Å². The van der Waals surface area contributed by atoms with E-state index in [1.165, 1.54) is 42.7 Å². The lowest BCUT2D eigenvalue weighted by molar-refractivity contribution is 0.172. The monoisotopic (exact) mass is 506 g/mol. The van der Waals surface area contributed by atoms with Crippen molar-refractivity contribution < 1.29 is 21.9 Å². The summed E-state index contributed by atoms with van der Waals surface area (Å²) in [6, 6.07) is 16.1. The van der Waals surface area contributed by atoms with E-state index in [2.05, 4.69) is 11.8 Å². The van der Waals surface area contributed by atoms with Crippen molar-refractivity contribution in [2.75, 3.05) is 0 Å². The van der Waals surface area contributed by atoms with Crippen LogP contribution in [0.25, 0.3) is 0 Å². The summed E-state index contributed by atoms with van der Waals surface area (Å²) in [5.41, 5.74) is 3.08. The van der Waals surface area contributed by atoms with Crippen LogP contribution in [0.3, 0.4) is 0 Å². The van der Waals surface area contributed by atoms with E-state index in [9.17, 15) is 21.9 Å². The average molecular weight is 507 g/mol. The van der Waals surface area contributed by atoms with Gasteiger partial charge in [-0.25, -0.2) is 24.8 Å². The van der Waals surface area contributed by atoms with E-state index in [0.717, 1.165) is 19.1 Å². The zero-order chi connectivity index (χ0) is 25.0. The van der Waals surface area contributed by atoms with Crippen molar-refractivity contribution in [1.29, 1.82) is 0 Å².